The molecule has 1 aromatic heterocycles. The van der Waals surface area contributed by atoms with Gasteiger partial charge in [-0.25, -0.2) is 29.9 Å². The van der Waals surface area contributed by atoms with Crippen molar-refractivity contribution in [2.24, 2.45) is 21.8 Å². The molecular formula is C17H24N8O3S2. The van der Waals surface area contributed by atoms with Crippen LogP contribution in [0.3, 0.4) is 0 Å². The lowest BCUT2D eigenvalue weighted by Crippen LogP contribution is -2.34. The van der Waals surface area contributed by atoms with Crippen molar-refractivity contribution >= 4 is 32.5 Å². The van der Waals surface area contributed by atoms with E-state index in [1.165, 1.54) is 12.3 Å². The zero-order chi connectivity index (χ0) is 21.9. The number of amidine groups is 1. The van der Waals surface area contributed by atoms with E-state index in [4.69, 9.17) is 22.4 Å². The molecule has 2 heterocycles. The fourth-order valence-corrected chi connectivity index (χ4v) is 6.33. The number of aromatic nitrogens is 1. The molecule has 3 rings (SSSR count). The average Bonchev–Trinajstić information content (AvgIpc) is 2.73. The molecule has 1 aromatic carbocycles. The molecule has 1 atom stereocenters. The van der Waals surface area contributed by atoms with Crippen LogP contribution in [0.25, 0.3) is 11.1 Å². The molecule has 10 N–H and O–H groups in total. The quantitative estimate of drug-likeness (QED) is 0.136. The van der Waals surface area contributed by atoms with E-state index in [1.54, 1.807) is 18.2 Å². The lowest BCUT2D eigenvalue weighted by molar-refractivity contribution is 0.519. The fourth-order valence-electron chi connectivity index (χ4n) is 3.38. The van der Waals surface area contributed by atoms with Crippen molar-refractivity contribution in [2.75, 3.05) is 18.8 Å². The molecule has 1 fully saturated rings. The van der Waals surface area contributed by atoms with E-state index in [-0.39, 0.29) is 26.4 Å². The summed E-state index contributed by atoms with van der Waals surface area (Å²) in [6, 6.07) is 6.33. The number of piperidine rings is 1. The molecule has 0 radical (unpaired) electrons. The first kappa shape index (κ1) is 22.1. The van der Waals surface area contributed by atoms with Crippen molar-refractivity contribution < 1.29 is 12.6 Å². The van der Waals surface area contributed by atoms with Gasteiger partial charge in [0.25, 0.3) is 0 Å². The molecule has 1 unspecified atom stereocenters. The number of hydrazone groups is 1. The number of anilines is 1. The van der Waals surface area contributed by atoms with E-state index < -0.39 is 20.8 Å². The van der Waals surface area contributed by atoms with Crippen LogP contribution in [0.1, 0.15) is 18.4 Å². The summed E-state index contributed by atoms with van der Waals surface area (Å²) in [5.74, 6) is 5.32. The van der Waals surface area contributed by atoms with Gasteiger partial charge in [0, 0.05) is 22.6 Å². The van der Waals surface area contributed by atoms with E-state index in [1.807, 2.05) is 0 Å². The lowest BCUT2D eigenvalue weighted by Gasteiger charge is -2.24. The van der Waals surface area contributed by atoms with Gasteiger partial charge in [-0.2, -0.15) is 0 Å². The van der Waals surface area contributed by atoms with Gasteiger partial charge in [0.05, 0.1) is 15.7 Å². The maximum Gasteiger partial charge on any atom is 0.240 e. The van der Waals surface area contributed by atoms with Gasteiger partial charge in [-0.15, -0.1) is 5.10 Å². The van der Waals surface area contributed by atoms with E-state index in [0.717, 1.165) is 0 Å². The summed E-state index contributed by atoms with van der Waals surface area (Å²) in [6.07, 6.45) is 2.75. The molecule has 2 aromatic rings. The van der Waals surface area contributed by atoms with Crippen LogP contribution in [0.2, 0.25) is 0 Å². The standard InChI is InChI=1S/C17H24N8O3S2/c18-14-4-1-10(9-23-14)12-2-3-13(29(26)11-5-7-22-8-6-11)16(30(21,27)28)15(12)17(19)24-25-20/h1-4,9,11,22,25H,5-8,20H2,(H2,18,23)(H2,19,24)(H2,21,27,28). The molecular weight excluding hydrogens is 428 g/mol. The molecule has 0 aliphatic carbocycles. The van der Waals surface area contributed by atoms with Crippen molar-refractivity contribution in [3.05, 3.63) is 36.0 Å². The van der Waals surface area contributed by atoms with Crippen LogP contribution in [0.4, 0.5) is 5.82 Å². The van der Waals surface area contributed by atoms with Gasteiger partial charge >= 0.3 is 0 Å². The maximum atomic E-state index is 13.3. The van der Waals surface area contributed by atoms with E-state index >= 15 is 0 Å². The first-order chi connectivity index (χ1) is 14.2. The van der Waals surface area contributed by atoms with Gasteiger partial charge < -0.3 is 16.8 Å². The molecule has 0 spiro atoms. The van der Waals surface area contributed by atoms with Gasteiger partial charge in [-0.1, -0.05) is 6.07 Å². The molecule has 0 saturated carbocycles. The number of hydrogen-bond donors (Lipinski definition) is 6. The Labute approximate surface area is 176 Å². The summed E-state index contributed by atoms with van der Waals surface area (Å²) in [6.45, 7) is 1.40. The first-order valence-corrected chi connectivity index (χ1v) is 11.8. The molecule has 11 nitrogen and oxygen atoms in total. The van der Waals surface area contributed by atoms with Gasteiger partial charge in [0.15, 0.2) is 5.84 Å². The normalized spacial score (nSPS) is 16.9. The van der Waals surface area contributed by atoms with Crippen LogP contribution in [-0.2, 0) is 20.8 Å². The number of rotatable bonds is 6. The van der Waals surface area contributed by atoms with Crippen LogP contribution in [0.5, 0.6) is 0 Å². The Morgan fingerprint density at radius 2 is 1.93 bits per heavy atom. The predicted molar refractivity (Wildman–Crippen MR) is 116 cm³/mol. The van der Waals surface area contributed by atoms with Crippen LogP contribution in [-0.4, -0.2) is 41.8 Å². The summed E-state index contributed by atoms with van der Waals surface area (Å²) < 4.78 is 38.6. The summed E-state index contributed by atoms with van der Waals surface area (Å²) in [5.41, 5.74) is 14.7. The molecule has 0 bridgehead atoms. The Hall–Kier alpha value is -2.58. The van der Waals surface area contributed by atoms with Crippen molar-refractivity contribution in [1.82, 2.24) is 15.8 Å². The summed E-state index contributed by atoms with van der Waals surface area (Å²) in [7, 11) is -5.96. The lowest BCUT2D eigenvalue weighted by atomic mass is 10.00. The first-order valence-electron chi connectivity index (χ1n) is 9.06. The summed E-state index contributed by atoms with van der Waals surface area (Å²) in [5, 5.41) is 12.3. The van der Waals surface area contributed by atoms with Crippen molar-refractivity contribution in [3.8, 4) is 11.1 Å². The summed E-state index contributed by atoms with van der Waals surface area (Å²) in [4.78, 5) is 3.78. The Morgan fingerprint density at radius 1 is 1.23 bits per heavy atom. The number of benzene rings is 1. The van der Waals surface area contributed by atoms with Gasteiger partial charge in [0.2, 0.25) is 10.0 Å². The number of nitrogens with one attached hydrogen (secondary N) is 2. The van der Waals surface area contributed by atoms with E-state index in [2.05, 4.69) is 20.9 Å². The van der Waals surface area contributed by atoms with Crippen molar-refractivity contribution in [1.29, 1.82) is 0 Å². The van der Waals surface area contributed by atoms with Crippen LogP contribution in [0.15, 0.2) is 45.4 Å². The number of nitrogens with zero attached hydrogens (tertiary/aromatic N) is 2. The van der Waals surface area contributed by atoms with Gasteiger partial charge in [-0.05, 0) is 49.7 Å². The second-order valence-corrected chi connectivity index (χ2v) is 9.90. The second-order valence-electron chi connectivity index (χ2n) is 6.71. The van der Waals surface area contributed by atoms with Crippen molar-refractivity contribution in [3.63, 3.8) is 0 Å². The highest BCUT2D eigenvalue weighted by molar-refractivity contribution is 7.91. The zero-order valence-corrected chi connectivity index (χ0v) is 17.7. The minimum Gasteiger partial charge on any atom is -0.384 e. The minimum atomic E-state index is -4.33. The van der Waals surface area contributed by atoms with Gasteiger partial charge in [0.1, 0.15) is 10.7 Å². The molecule has 1 aliphatic heterocycles. The highest BCUT2D eigenvalue weighted by Crippen LogP contribution is 2.34. The third kappa shape index (κ3) is 4.60. The van der Waals surface area contributed by atoms with E-state index in [0.29, 0.717) is 42.9 Å². The Balaban J connectivity index is 2.30. The van der Waals surface area contributed by atoms with Crippen LogP contribution < -0.4 is 33.3 Å². The smallest absolute Gasteiger partial charge is 0.240 e. The molecule has 1 aliphatic rings. The Kier molecular flexibility index (Phi) is 6.67. The average molecular weight is 453 g/mol. The number of hydrogen-bond acceptors (Lipinski definition) is 9. The number of primary sulfonamides is 1. The highest BCUT2D eigenvalue weighted by atomic mass is 32.2. The Bertz CT molecular complexity index is 1080. The summed E-state index contributed by atoms with van der Waals surface area (Å²) >= 11 is 0. The topological polar surface area (TPSA) is 205 Å². The predicted octanol–water partition coefficient (Wildman–Crippen LogP) is -1.08. The second kappa shape index (κ2) is 9.06. The fraction of sp³-hybridized carbons (Fsp3) is 0.294. The maximum absolute atomic E-state index is 13.3. The monoisotopic (exact) mass is 452 g/mol. The molecule has 162 valence electrons. The van der Waals surface area contributed by atoms with E-state index in [9.17, 15) is 12.6 Å². The number of nitrogen functional groups attached to an aromatic ring is 1. The molecule has 13 heteroatoms. The third-order valence-electron chi connectivity index (χ3n) is 4.75. The minimum absolute atomic E-state index is 0.00167. The largest absolute Gasteiger partial charge is 0.384 e. The highest BCUT2D eigenvalue weighted by Gasteiger charge is 2.31. The Morgan fingerprint density at radius 3 is 2.50 bits per heavy atom. The SMILES string of the molecule is NN/N=C(\N)c1c(-c2ccc(N)nc2)ccc(S(=O)C2CCNCC2)c1S(N)(=O)=O. The van der Waals surface area contributed by atoms with Crippen LogP contribution in [0, 0.1) is 0 Å². The third-order valence-corrected chi connectivity index (χ3v) is 7.72. The molecule has 1 saturated heterocycles. The molecule has 30 heavy (non-hydrogen) atoms. The number of hydrazine groups is 1. The molecule has 0 amide bonds. The van der Waals surface area contributed by atoms with Gasteiger partial charge in [-0.3, -0.25) is 4.21 Å². The van der Waals surface area contributed by atoms with Crippen molar-refractivity contribution in [2.45, 2.75) is 27.9 Å². The number of nitrogens with two attached hydrogens (primary N) is 4. The number of sulfonamides is 1. The zero-order valence-electron chi connectivity index (χ0n) is 16.0. The number of pyridine rings is 1. The van der Waals surface area contributed by atoms with Crippen LogP contribution >= 0.6 is 0 Å².